The Morgan fingerprint density at radius 3 is 2.92 bits per heavy atom. The molecule has 24 heavy (non-hydrogen) atoms. The molecule has 6 nitrogen and oxygen atoms in total. The molecule has 0 saturated heterocycles. The van der Waals surface area contributed by atoms with Gasteiger partial charge in [0.1, 0.15) is 17.2 Å². The van der Waals surface area contributed by atoms with Gasteiger partial charge in [-0.25, -0.2) is 9.97 Å². The molecule has 0 aliphatic rings. The summed E-state index contributed by atoms with van der Waals surface area (Å²) in [4.78, 5) is 24.5. The van der Waals surface area contributed by atoms with Crippen molar-refractivity contribution in [1.29, 1.82) is 5.26 Å². The molecule has 1 aromatic carbocycles. The van der Waals surface area contributed by atoms with Crippen LogP contribution in [0.2, 0.25) is 0 Å². The summed E-state index contributed by atoms with van der Waals surface area (Å²) in [6, 6.07) is 13.3. The molecule has 116 valence electrons. The molecular weight excluding hydrogens is 302 g/mol. The Balaban J connectivity index is 1.76. The molecule has 0 amide bonds. The number of ketones is 1. The molecule has 0 saturated carbocycles. The SMILES string of the molecule is Cc1ccn2cc(C(=O)[C@H](C#N)c3nc4ccccc4[nH]3)nc2c1. The molecule has 0 spiro atoms. The van der Waals surface area contributed by atoms with Gasteiger partial charge in [-0.1, -0.05) is 12.1 Å². The van der Waals surface area contributed by atoms with Gasteiger partial charge in [-0.3, -0.25) is 4.79 Å². The van der Waals surface area contributed by atoms with Gasteiger partial charge < -0.3 is 9.38 Å². The molecule has 0 unspecified atom stereocenters. The number of nitriles is 1. The molecule has 6 heteroatoms. The van der Waals surface area contributed by atoms with Crippen LogP contribution in [0, 0.1) is 18.3 Å². The van der Waals surface area contributed by atoms with Crippen LogP contribution in [0.15, 0.2) is 48.8 Å². The van der Waals surface area contributed by atoms with Crippen molar-refractivity contribution >= 4 is 22.5 Å². The molecule has 0 aliphatic heterocycles. The first kappa shape index (κ1) is 14.2. The lowest BCUT2D eigenvalue weighted by molar-refractivity contribution is 0.0972. The Labute approximate surface area is 137 Å². The van der Waals surface area contributed by atoms with Crippen LogP contribution in [0.25, 0.3) is 16.7 Å². The maximum atomic E-state index is 12.7. The van der Waals surface area contributed by atoms with Crippen LogP contribution in [0.5, 0.6) is 0 Å². The highest BCUT2D eigenvalue weighted by molar-refractivity contribution is 6.01. The summed E-state index contributed by atoms with van der Waals surface area (Å²) in [5, 5.41) is 9.49. The lowest BCUT2D eigenvalue weighted by Gasteiger charge is -2.01. The highest BCUT2D eigenvalue weighted by Crippen LogP contribution is 2.21. The summed E-state index contributed by atoms with van der Waals surface area (Å²) >= 11 is 0. The fourth-order valence-electron chi connectivity index (χ4n) is 2.70. The van der Waals surface area contributed by atoms with E-state index in [-0.39, 0.29) is 11.5 Å². The average molecular weight is 315 g/mol. The number of carbonyl (C=O) groups is 1. The number of Topliss-reactive ketones (excluding diaryl/α,β-unsaturated/α-hetero) is 1. The fourth-order valence-corrected chi connectivity index (χ4v) is 2.70. The average Bonchev–Trinajstić information content (AvgIpc) is 3.18. The van der Waals surface area contributed by atoms with E-state index in [0.29, 0.717) is 11.5 Å². The third-order valence-electron chi connectivity index (χ3n) is 3.94. The number of fused-ring (bicyclic) bond motifs is 2. The maximum Gasteiger partial charge on any atom is 0.207 e. The number of carbonyl (C=O) groups excluding carboxylic acids is 1. The van der Waals surface area contributed by atoms with E-state index in [1.54, 1.807) is 10.6 Å². The molecule has 1 atom stereocenters. The maximum absolute atomic E-state index is 12.7. The lowest BCUT2D eigenvalue weighted by atomic mass is 10.0. The van der Waals surface area contributed by atoms with Crippen LogP contribution < -0.4 is 0 Å². The Morgan fingerprint density at radius 1 is 1.29 bits per heavy atom. The van der Waals surface area contributed by atoms with Crippen molar-refractivity contribution < 1.29 is 4.79 Å². The van der Waals surface area contributed by atoms with Gasteiger partial charge in [-0.15, -0.1) is 0 Å². The first-order valence-corrected chi connectivity index (χ1v) is 7.49. The van der Waals surface area contributed by atoms with Crippen molar-refractivity contribution in [2.24, 2.45) is 0 Å². The summed E-state index contributed by atoms with van der Waals surface area (Å²) in [7, 11) is 0. The smallest absolute Gasteiger partial charge is 0.207 e. The number of H-pyrrole nitrogens is 1. The summed E-state index contributed by atoms with van der Waals surface area (Å²) in [6.45, 7) is 1.96. The normalized spacial score (nSPS) is 12.3. The number of aromatic nitrogens is 4. The third kappa shape index (κ3) is 2.23. The molecule has 0 bridgehead atoms. The van der Waals surface area contributed by atoms with E-state index < -0.39 is 5.92 Å². The van der Waals surface area contributed by atoms with Gasteiger partial charge in [-0.2, -0.15) is 5.26 Å². The molecule has 0 fully saturated rings. The van der Waals surface area contributed by atoms with Gasteiger partial charge in [0, 0.05) is 12.4 Å². The molecule has 4 rings (SSSR count). The van der Waals surface area contributed by atoms with Crippen LogP contribution >= 0.6 is 0 Å². The zero-order valence-electron chi connectivity index (χ0n) is 12.9. The van der Waals surface area contributed by atoms with Crippen LogP contribution in [-0.2, 0) is 0 Å². The largest absolute Gasteiger partial charge is 0.340 e. The number of pyridine rings is 1. The molecule has 0 radical (unpaired) electrons. The molecule has 0 aliphatic carbocycles. The number of hydrogen-bond donors (Lipinski definition) is 1. The zero-order valence-corrected chi connectivity index (χ0v) is 12.9. The van der Waals surface area contributed by atoms with E-state index in [0.717, 1.165) is 16.6 Å². The van der Waals surface area contributed by atoms with Crippen molar-refractivity contribution in [3.05, 3.63) is 65.9 Å². The molecule has 1 N–H and O–H groups in total. The van der Waals surface area contributed by atoms with Crippen LogP contribution in [0.4, 0.5) is 0 Å². The number of hydrogen-bond acceptors (Lipinski definition) is 4. The van der Waals surface area contributed by atoms with Gasteiger partial charge in [0.25, 0.3) is 0 Å². The monoisotopic (exact) mass is 315 g/mol. The molecule has 4 aromatic rings. The fraction of sp³-hybridized carbons (Fsp3) is 0.111. The molecular formula is C18H13N5O. The number of nitrogens with zero attached hydrogens (tertiary/aromatic N) is 4. The summed E-state index contributed by atoms with van der Waals surface area (Å²) in [6.07, 6.45) is 3.49. The lowest BCUT2D eigenvalue weighted by Crippen LogP contribution is -2.13. The van der Waals surface area contributed by atoms with Crippen molar-refractivity contribution in [1.82, 2.24) is 19.4 Å². The summed E-state index contributed by atoms with van der Waals surface area (Å²) in [5.41, 5.74) is 3.52. The molecule has 3 heterocycles. The third-order valence-corrected chi connectivity index (χ3v) is 3.94. The number of rotatable bonds is 3. The molecule has 3 aromatic heterocycles. The standard InChI is InChI=1S/C18H13N5O/c1-11-6-7-23-10-15(20-16(23)8-11)17(24)12(9-19)18-21-13-4-2-3-5-14(13)22-18/h2-8,10,12H,1H3,(H,21,22)/t12-/m0/s1. The van der Waals surface area contributed by atoms with Gasteiger partial charge in [-0.05, 0) is 36.8 Å². The Morgan fingerprint density at radius 2 is 2.12 bits per heavy atom. The second-order valence-electron chi connectivity index (χ2n) is 5.66. The van der Waals surface area contributed by atoms with E-state index >= 15 is 0 Å². The van der Waals surface area contributed by atoms with E-state index in [9.17, 15) is 10.1 Å². The minimum absolute atomic E-state index is 0.257. The number of para-hydroxylation sites is 2. The van der Waals surface area contributed by atoms with Gasteiger partial charge >= 0.3 is 0 Å². The van der Waals surface area contributed by atoms with E-state index in [4.69, 9.17) is 0 Å². The second-order valence-corrected chi connectivity index (χ2v) is 5.66. The van der Waals surface area contributed by atoms with Gasteiger partial charge in [0.15, 0.2) is 5.92 Å². The van der Waals surface area contributed by atoms with Crippen molar-refractivity contribution in [2.45, 2.75) is 12.8 Å². The number of nitrogens with one attached hydrogen (secondary N) is 1. The Kier molecular flexibility index (Phi) is 3.14. The van der Waals surface area contributed by atoms with Crippen LogP contribution in [0.3, 0.4) is 0 Å². The van der Waals surface area contributed by atoms with E-state index in [1.807, 2.05) is 55.6 Å². The quantitative estimate of drug-likeness (QED) is 0.589. The Hall–Kier alpha value is -3.46. The van der Waals surface area contributed by atoms with E-state index in [2.05, 4.69) is 15.0 Å². The predicted molar refractivity (Wildman–Crippen MR) is 88.7 cm³/mol. The van der Waals surface area contributed by atoms with Crippen molar-refractivity contribution in [3.8, 4) is 6.07 Å². The highest BCUT2D eigenvalue weighted by Gasteiger charge is 2.27. The van der Waals surface area contributed by atoms with Gasteiger partial charge in [0.2, 0.25) is 5.78 Å². The number of benzene rings is 1. The van der Waals surface area contributed by atoms with Crippen LogP contribution in [0.1, 0.15) is 27.8 Å². The van der Waals surface area contributed by atoms with Crippen molar-refractivity contribution in [3.63, 3.8) is 0 Å². The first-order chi connectivity index (χ1) is 11.7. The first-order valence-electron chi connectivity index (χ1n) is 7.49. The van der Waals surface area contributed by atoms with Crippen LogP contribution in [-0.4, -0.2) is 25.1 Å². The van der Waals surface area contributed by atoms with Crippen molar-refractivity contribution in [2.75, 3.05) is 0 Å². The minimum atomic E-state index is -1.01. The number of imidazole rings is 2. The van der Waals surface area contributed by atoms with Gasteiger partial charge in [0.05, 0.1) is 17.1 Å². The predicted octanol–water partition coefficient (Wildman–Crippen LogP) is 3.01. The second kappa shape index (κ2) is 5.32. The zero-order chi connectivity index (χ0) is 16.7. The van der Waals surface area contributed by atoms with E-state index in [1.165, 1.54) is 0 Å². The summed E-state index contributed by atoms with van der Waals surface area (Å²) in [5.74, 6) is -1.03. The highest BCUT2D eigenvalue weighted by atomic mass is 16.1. The number of aromatic amines is 1. The topological polar surface area (TPSA) is 86.8 Å². The minimum Gasteiger partial charge on any atom is -0.340 e. The summed E-state index contributed by atoms with van der Waals surface area (Å²) < 4.78 is 1.77. The Bertz CT molecular complexity index is 1080. The number of aryl methyl sites for hydroxylation is 1.